The van der Waals surface area contributed by atoms with Crippen LogP contribution in [0.3, 0.4) is 0 Å². The summed E-state index contributed by atoms with van der Waals surface area (Å²) >= 11 is 0. The van der Waals surface area contributed by atoms with Crippen molar-refractivity contribution in [2.75, 3.05) is 6.54 Å². The van der Waals surface area contributed by atoms with Crippen molar-refractivity contribution < 1.29 is 13.5 Å². The standard InChI is InChI=1S/C14H24N2O3S/c1-4-10(2)12-5-7-13(8-6-12)20(18,19)16-9-14(15)11(3)17/h5-8,10-11,14,16-17H,4,9,15H2,1-3H3. The van der Waals surface area contributed by atoms with E-state index in [0.29, 0.717) is 5.92 Å². The molecule has 20 heavy (non-hydrogen) atoms. The fourth-order valence-corrected chi connectivity index (χ4v) is 2.74. The average molecular weight is 300 g/mol. The van der Waals surface area contributed by atoms with Crippen LogP contribution in [0.15, 0.2) is 29.2 Å². The minimum Gasteiger partial charge on any atom is -0.392 e. The lowest BCUT2D eigenvalue weighted by atomic mass is 9.99. The van der Waals surface area contributed by atoms with Gasteiger partial charge in [-0.2, -0.15) is 0 Å². The second kappa shape index (κ2) is 7.17. The van der Waals surface area contributed by atoms with Gasteiger partial charge in [-0.1, -0.05) is 26.0 Å². The van der Waals surface area contributed by atoms with Gasteiger partial charge in [0.2, 0.25) is 10.0 Å². The Morgan fingerprint density at radius 3 is 2.25 bits per heavy atom. The minimum atomic E-state index is -3.58. The zero-order chi connectivity index (χ0) is 15.3. The first kappa shape index (κ1) is 17.1. The third kappa shape index (κ3) is 4.56. The Morgan fingerprint density at radius 1 is 1.25 bits per heavy atom. The van der Waals surface area contributed by atoms with Crippen LogP contribution in [0.5, 0.6) is 0 Å². The summed E-state index contributed by atoms with van der Waals surface area (Å²) in [5.41, 5.74) is 6.72. The molecule has 1 aromatic carbocycles. The van der Waals surface area contributed by atoms with Gasteiger partial charge in [-0.15, -0.1) is 0 Å². The van der Waals surface area contributed by atoms with Crippen molar-refractivity contribution in [2.24, 2.45) is 5.73 Å². The van der Waals surface area contributed by atoms with E-state index in [1.54, 1.807) is 12.1 Å². The number of benzene rings is 1. The highest BCUT2D eigenvalue weighted by molar-refractivity contribution is 7.89. The normalized spacial score (nSPS) is 16.6. The molecule has 0 radical (unpaired) electrons. The predicted octanol–water partition coefficient (Wildman–Crippen LogP) is 1.19. The van der Waals surface area contributed by atoms with Crippen LogP contribution in [0.25, 0.3) is 0 Å². The molecule has 0 bridgehead atoms. The van der Waals surface area contributed by atoms with E-state index in [0.717, 1.165) is 12.0 Å². The van der Waals surface area contributed by atoms with Gasteiger partial charge in [0.1, 0.15) is 0 Å². The zero-order valence-electron chi connectivity index (χ0n) is 12.2. The Balaban J connectivity index is 2.78. The van der Waals surface area contributed by atoms with Crippen LogP contribution < -0.4 is 10.5 Å². The maximum absolute atomic E-state index is 12.1. The second-order valence-electron chi connectivity index (χ2n) is 5.13. The number of aliphatic hydroxyl groups is 1. The fraction of sp³-hybridized carbons (Fsp3) is 0.571. The number of sulfonamides is 1. The van der Waals surface area contributed by atoms with Crippen molar-refractivity contribution in [3.63, 3.8) is 0 Å². The van der Waals surface area contributed by atoms with Crippen LogP contribution in [-0.4, -0.2) is 32.2 Å². The Hall–Kier alpha value is -0.950. The molecule has 4 N–H and O–H groups in total. The first-order valence-corrected chi connectivity index (χ1v) is 8.29. The van der Waals surface area contributed by atoms with Crippen LogP contribution >= 0.6 is 0 Å². The van der Waals surface area contributed by atoms with Crippen LogP contribution in [0.4, 0.5) is 0 Å². The maximum Gasteiger partial charge on any atom is 0.240 e. The highest BCUT2D eigenvalue weighted by Crippen LogP contribution is 2.20. The van der Waals surface area contributed by atoms with Crippen molar-refractivity contribution in [1.29, 1.82) is 0 Å². The number of aliphatic hydroxyl groups excluding tert-OH is 1. The summed E-state index contributed by atoms with van der Waals surface area (Å²) in [6.45, 7) is 5.73. The molecule has 0 aromatic heterocycles. The van der Waals surface area contributed by atoms with E-state index < -0.39 is 22.2 Å². The quantitative estimate of drug-likeness (QED) is 0.705. The lowest BCUT2D eigenvalue weighted by Gasteiger charge is -2.16. The Kier molecular flexibility index (Phi) is 6.13. The third-order valence-corrected chi connectivity index (χ3v) is 4.94. The molecule has 1 aromatic rings. The summed E-state index contributed by atoms with van der Waals surface area (Å²) in [5.74, 6) is 0.406. The van der Waals surface area contributed by atoms with E-state index in [9.17, 15) is 13.5 Å². The smallest absolute Gasteiger partial charge is 0.240 e. The van der Waals surface area contributed by atoms with E-state index in [-0.39, 0.29) is 11.4 Å². The Bertz CT molecular complexity index is 512. The summed E-state index contributed by atoms with van der Waals surface area (Å²) < 4.78 is 26.5. The van der Waals surface area contributed by atoms with Crippen LogP contribution in [0.2, 0.25) is 0 Å². The van der Waals surface area contributed by atoms with Gasteiger partial charge in [0.05, 0.1) is 11.0 Å². The summed E-state index contributed by atoms with van der Waals surface area (Å²) in [6, 6.07) is 6.23. The van der Waals surface area contributed by atoms with Crippen molar-refractivity contribution in [1.82, 2.24) is 4.72 Å². The molecule has 0 amide bonds. The van der Waals surface area contributed by atoms with Gasteiger partial charge in [0, 0.05) is 12.6 Å². The minimum absolute atomic E-state index is 0.00706. The summed E-state index contributed by atoms with van der Waals surface area (Å²) in [4.78, 5) is 0.211. The molecule has 1 rings (SSSR count). The first-order chi connectivity index (χ1) is 9.27. The zero-order valence-corrected chi connectivity index (χ0v) is 13.0. The van der Waals surface area contributed by atoms with E-state index in [1.807, 2.05) is 12.1 Å². The molecule has 0 saturated carbocycles. The van der Waals surface area contributed by atoms with Gasteiger partial charge in [-0.3, -0.25) is 0 Å². The number of hydrogen-bond acceptors (Lipinski definition) is 4. The van der Waals surface area contributed by atoms with Gasteiger partial charge in [-0.05, 0) is 37.0 Å². The molecular formula is C14H24N2O3S. The van der Waals surface area contributed by atoms with Crippen LogP contribution in [0.1, 0.15) is 38.7 Å². The molecular weight excluding hydrogens is 276 g/mol. The highest BCUT2D eigenvalue weighted by Gasteiger charge is 2.17. The molecule has 3 unspecified atom stereocenters. The van der Waals surface area contributed by atoms with Gasteiger partial charge in [0.25, 0.3) is 0 Å². The molecule has 0 fully saturated rings. The van der Waals surface area contributed by atoms with Gasteiger partial charge < -0.3 is 10.8 Å². The molecule has 6 heteroatoms. The largest absolute Gasteiger partial charge is 0.392 e. The average Bonchev–Trinajstić information content (AvgIpc) is 2.44. The molecule has 0 heterocycles. The van der Waals surface area contributed by atoms with Crippen molar-refractivity contribution in [2.45, 2.75) is 50.2 Å². The van der Waals surface area contributed by atoms with E-state index in [2.05, 4.69) is 18.6 Å². The lowest BCUT2D eigenvalue weighted by Crippen LogP contribution is -2.43. The van der Waals surface area contributed by atoms with Crippen molar-refractivity contribution >= 4 is 10.0 Å². The SMILES string of the molecule is CCC(C)c1ccc(S(=O)(=O)NCC(N)C(C)O)cc1. The fourth-order valence-electron chi connectivity index (χ4n) is 1.67. The maximum atomic E-state index is 12.1. The van der Waals surface area contributed by atoms with Crippen molar-refractivity contribution in [3.8, 4) is 0 Å². The van der Waals surface area contributed by atoms with Gasteiger partial charge in [0.15, 0.2) is 0 Å². The molecule has 0 aliphatic rings. The van der Waals surface area contributed by atoms with E-state index >= 15 is 0 Å². The summed E-state index contributed by atoms with van der Waals surface area (Å²) in [7, 11) is -3.58. The second-order valence-corrected chi connectivity index (χ2v) is 6.90. The molecule has 0 aliphatic carbocycles. The number of rotatable bonds is 7. The Morgan fingerprint density at radius 2 is 1.80 bits per heavy atom. The molecule has 114 valence electrons. The third-order valence-electron chi connectivity index (χ3n) is 3.50. The topological polar surface area (TPSA) is 92.4 Å². The molecule has 5 nitrogen and oxygen atoms in total. The monoisotopic (exact) mass is 300 g/mol. The van der Waals surface area contributed by atoms with Crippen LogP contribution in [0, 0.1) is 0 Å². The molecule has 3 atom stereocenters. The lowest BCUT2D eigenvalue weighted by molar-refractivity contribution is 0.164. The number of hydrogen-bond donors (Lipinski definition) is 3. The van der Waals surface area contributed by atoms with E-state index in [4.69, 9.17) is 5.73 Å². The molecule has 0 spiro atoms. The summed E-state index contributed by atoms with van der Waals surface area (Å²) in [5, 5.41) is 9.25. The highest BCUT2D eigenvalue weighted by atomic mass is 32.2. The number of nitrogens with one attached hydrogen (secondary N) is 1. The van der Waals surface area contributed by atoms with Crippen LogP contribution in [-0.2, 0) is 10.0 Å². The number of nitrogens with two attached hydrogens (primary N) is 1. The van der Waals surface area contributed by atoms with Gasteiger partial charge in [-0.25, -0.2) is 13.1 Å². The first-order valence-electron chi connectivity index (χ1n) is 6.81. The molecule has 0 aliphatic heterocycles. The van der Waals surface area contributed by atoms with E-state index in [1.165, 1.54) is 6.92 Å². The van der Waals surface area contributed by atoms with Crippen molar-refractivity contribution in [3.05, 3.63) is 29.8 Å². The predicted molar refractivity (Wildman–Crippen MR) is 80.0 cm³/mol. The Labute approximate surface area is 121 Å². The molecule has 0 saturated heterocycles. The summed E-state index contributed by atoms with van der Waals surface area (Å²) in [6.07, 6.45) is 0.249. The van der Waals surface area contributed by atoms with Gasteiger partial charge >= 0.3 is 0 Å².